The first-order chi connectivity index (χ1) is 18.2. The Kier molecular flexibility index (Phi) is 8.55. The van der Waals surface area contributed by atoms with E-state index in [1.165, 1.54) is 31.4 Å². The molecular weight excluding hydrogens is 648 g/mol. The predicted octanol–water partition coefficient (Wildman–Crippen LogP) is 5.29. The molecular formula is C26H18Cl2IN3O6. The Morgan fingerprint density at radius 2 is 1.84 bits per heavy atom. The fraction of sp³-hybridized carbons (Fsp3) is 0.0769. The first kappa shape index (κ1) is 27.4. The number of hydrogen-bond donors (Lipinski definition) is 2. The molecule has 0 atom stereocenters. The first-order valence-electron chi connectivity index (χ1n) is 10.9. The van der Waals surface area contributed by atoms with E-state index in [1.807, 2.05) is 22.6 Å². The number of imide groups is 2. The quantitative estimate of drug-likeness (QED) is 0.201. The minimum Gasteiger partial charge on any atom is -0.493 e. The number of barbiturate groups is 1. The van der Waals surface area contributed by atoms with Gasteiger partial charge in [-0.05, 0) is 76.7 Å². The highest BCUT2D eigenvalue weighted by molar-refractivity contribution is 14.1. The fourth-order valence-electron chi connectivity index (χ4n) is 3.52. The van der Waals surface area contributed by atoms with Gasteiger partial charge in [0, 0.05) is 5.02 Å². The second-order valence-corrected chi connectivity index (χ2v) is 9.79. The summed E-state index contributed by atoms with van der Waals surface area (Å²) in [5, 5.41) is 5.54. The zero-order valence-electron chi connectivity index (χ0n) is 19.6. The Labute approximate surface area is 240 Å². The number of halogens is 3. The smallest absolute Gasteiger partial charge is 0.335 e. The Hall–Kier alpha value is -3.61. The van der Waals surface area contributed by atoms with Gasteiger partial charge in [-0.3, -0.25) is 19.7 Å². The second kappa shape index (κ2) is 11.8. The van der Waals surface area contributed by atoms with E-state index in [2.05, 4.69) is 10.6 Å². The minimum atomic E-state index is -0.884. The lowest BCUT2D eigenvalue weighted by Gasteiger charge is -2.26. The summed E-state index contributed by atoms with van der Waals surface area (Å²) < 4.78 is 11.7. The normalized spacial score (nSPS) is 14.4. The SMILES string of the molecule is COc1cc(/C=C2\C(=O)NC(=O)N(c3cccc(Cl)c3)C2=O)cc(I)c1OCC(=O)Nc1ccccc1Cl. The lowest BCUT2D eigenvalue weighted by molar-refractivity contribution is -0.122. The number of para-hydroxylation sites is 1. The molecule has 0 saturated carbocycles. The molecule has 0 aromatic heterocycles. The summed E-state index contributed by atoms with van der Waals surface area (Å²) in [4.78, 5) is 51.3. The average molecular weight is 666 g/mol. The summed E-state index contributed by atoms with van der Waals surface area (Å²) in [6.07, 6.45) is 1.33. The highest BCUT2D eigenvalue weighted by atomic mass is 127. The van der Waals surface area contributed by atoms with Crippen LogP contribution in [0.1, 0.15) is 5.56 Å². The van der Waals surface area contributed by atoms with Crippen molar-refractivity contribution in [3.63, 3.8) is 0 Å². The molecule has 194 valence electrons. The molecule has 1 fully saturated rings. The van der Waals surface area contributed by atoms with Crippen molar-refractivity contribution in [3.8, 4) is 11.5 Å². The maximum absolute atomic E-state index is 13.1. The molecule has 5 amide bonds. The molecule has 0 spiro atoms. The third kappa shape index (κ3) is 6.09. The number of anilines is 2. The van der Waals surface area contributed by atoms with E-state index in [-0.39, 0.29) is 23.6 Å². The summed E-state index contributed by atoms with van der Waals surface area (Å²) in [6, 6.07) is 15.2. The van der Waals surface area contributed by atoms with Gasteiger partial charge in [0.15, 0.2) is 18.1 Å². The topological polar surface area (TPSA) is 114 Å². The van der Waals surface area contributed by atoms with Crippen molar-refractivity contribution in [2.45, 2.75) is 0 Å². The largest absolute Gasteiger partial charge is 0.493 e. The predicted molar refractivity (Wildman–Crippen MR) is 152 cm³/mol. The van der Waals surface area contributed by atoms with Gasteiger partial charge < -0.3 is 14.8 Å². The van der Waals surface area contributed by atoms with Gasteiger partial charge in [0.1, 0.15) is 5.57 Å². The van der Waals surface area contributed by atoms with Crippen LogP contribution < -0.4 is 25.0 Å². The number of nitrogens with one attached hydrogen (secondary N) is 2. The highest BCUT2D eigenvalue weighted by Crippen LogP contribution is 2.35. The van der Waals surface area contributed by atoms with Gasteiger partial charge in [0.05, 0.1) is 27.1 Å². The molecule has 2 N–H and O–H groups in total. The Bertz CT molecular complexity index is 1490. The van der Waals surface area contributed by atoms with Crippen LogP contribution in [0.5, 0.6) is 11.5 Å². The van der Waals surface area contributed by atoms with Crippen LogP contribution in [0.2, 0.25) is 10.0 Å². The number of benzene rings is 3. The van der Waals surface area contributed by atoms with Gasteiger partial charge in [-0.2, -0.15) is 0 Å². The summed E-state index contributed by atoms with van der Waals surface area (Å²) in [5.74, 6) is -1.53. The van der Waals surface area contributed by atoms with E-state index >= 15 is 0 Å². The summed E-state index contributed by atoms with van der Waals surface area (Å²) >= 11 is 14.1. The van der Waals surface area contributed by atoms with E-state index in [4.69, 9.17) is 32.7 Å². The minimum absolute atomic E-state index is 0.212. The molecule has 0 unspecified atom stereocenters. The lowest BCUT2D eigenvalue weighted by atomic mass is 10.1. The van der Waals surface area contributed by atoms with Crippen molar-refractivity contribution in [3.05, 3.63) is 85.4 Å². The van der Waals surface area contributed by atoms with Crippen molar-refractivity contribution in [2.24, 2.45) is 0 Å². The van der Waals surface area contributed by atoms with Gasteiger partial charge in [-0.1, -0.05) is 41.4 Å². The van der Waals surface area contributed by atoms with Gasteiger partial charge in [-0.25, -0.2) is 9.69 Å². The number of urea groups is 1. The molecule has 3 aromatic rings. The van der Waals surface area contributed by atoms with E-state index in [1.54, 1.807) is 42.5 Å². The first-order valence-corrected chi connectivity index (χ1v) is 12.7. The number of carbonyl (C=O) groups is 4. The number of nitrogens with zero attached hydrogens (tertiary/aromatic N) is 1. The molecule has 38 heavy (non-hydrogen) atoms. The maximum atomic E-state index is 13.1. The summed E-state index contributed by atoms with van der Waals surface area (Å²) in [7, 11) is 1.41. The molecule has 12 heteroatoms. The van der Waals surface area contributed by atoms with Crippen LogP contribution in [0.25, 0.3) is 6.08 Å². The Morgan fingerprint density at radius 3 is 2.55 bits per heavy atom. The number of hydrogen-bond acceptors (Lipinski definition) is 6. The van der Waals surface area contributed by atoms with Gasteiger partial charge in [-0.15, -0.1) is 0 Å². The molecule has 1 aliphatic rings. The van der Waals surface area contributed by atoms with Crippen molar-refractivity contribution < 1.29 is 28.7 Å². The molecule has 4 rings (SSSR count). The molecule has 1 heterocycles. The molecule has 9 nitrogen and oxygen atoms in total. The van der Waals surface area contributed by atoms with Gasteiger partial charge in [0.2, 0.25) is 0 Å². The van der Waals surface area contributed by atoms with Crippen LogP contribution in [0.15, 0.2) is 66.2 Å². The monoisotopic (exact) mass is 665 g/mol. The van der Waals surface area contributed by atoms with E-state index in [0.29, 0.717) is 30.6 Å². The summed E-state index contributed by atoms with van der Waals surface area (Å²) in [6.45, 7) is -0.324. The van der Waals surface area contributed by atoms with Crippen molar-refractivity contribution in [1.82, 2.24) is 5.32 Å². The maximum Gasteiger partial charge on any atom is 0.335 e. The van der Waals surface area contributed by atoms with Crippen LogP contribution in [-0.4, -0.2) is 37.5 Å². The third-order valence-electron chi connectivity index (χ3n) is 5.23. The number of carbonyl (C=O) groups excluding carboxylic acids is 4. The van der Waals surface area contributed by atoms with Crippen molar-refractivity contribution >= 4 is 87.0 Å². The Balaban J connectivity index is 1.57. The van der Waals surface area contributed by atoms with Gasteiger partial charge in [0.25, 0.3) is 17.7 Å². The lowest BCUT2D eigenvalue weighted by Crippen LogP contribution is -2.54. The zero-order valence-corrected chi connectivity index (χ0v) is 23.3. The number of methoxy groups -OCH3 is 1. The molecule has 0 bridgehead atoms. The van der Waals surface area contributed by atoms with Crippen molar-refractivity contribution in [1.29, 1.82) is 0 Å². The summed E-state index contributed by atoms with van der Waals surface area (Å²) in [5.41, 5.74) is 0.824. The number of rotatable bonds is 7. The third-order valence-corrected chi connectivity index (χ3v) is 6.59. The van der Waals surface area contributed by atoms with Crippen LogP contribution in [0.4, 0.5) is 16.2 Å². The standard InChI is InChI=1S/C26H18Cl2IN3O6/c1-37-21-11-14(10-19(29)23(21)38-13-22(33)30-20-8-3-2-7-18(20)28)9-17-24(34)31-26(36)32(25(17)35)16-6-4-5-15(27)12-16/h2-12H,13H2,1H3,(H,30,33)(H,31,34,36)/b17-9+. The van der Waals surface area contributed by atoms with Crippen LogP contribution in [0, 0.1) is 3.57 Å². The number of ether oxygens (including phenoxy) is 2. The molecule has 1 saturated heterocycles. The van der Waals surface area contributed by atoms with Crippen LogP contribution in [-0.2, 0) is 14.4 Å². The van der Waals surface area contributed by atoms with E-state index in [9.17, 15) is 19.2 Å². The molecule has 1 aliphatic heterocycles. The zero-order chi connectivity index (χ0) is 27.4. The van der Waals surface area contributed by atoms with Crippen LogP contribution in [0.3, 0.4) is 0 Å². The van der Waals surface area contributed by atoms with Crippen LogP contribution >= 0.6 is 45.8 Å². The van der Waals surface area contributed by atoms with Crippen molar-refractivity contribution in [2.75, 3.05) is 23.9 Å². The average Bonchev–Trinajstić information content (AvgIpc) is 2.87. The molecule has 0 aliphatic carbocycles. The van der Waals surface area contributed by atoms with Gasteiger partial charge >= 0.3 is 6.03 Å². The molecule has 3 aromatic carbocycles. The highest BCUT2D eigenvalue weighted by Gasteiger charge is 2.37. The Morgan fingerprint density at radius 1 is 1.08 bits per heavy atom. The number of amides is 5. The van der Waals surface area contributed by atoms with E-state index < -0.39 is 23.8 Å². The fourth-order valence-corrected chi connectivity index (χ4v) is 4.67. The van der Waals surface area contributed by atoms with E-state index in [0.717, 1.165) is 4.90 Å². The molecule has 0 radical (unpaired) electrons. The second-order valence-electron chi connectivity index (χ2n) is 7.79.